The fourth-order valence-electron chi connectivity index (χ4n) is 5.43. The molecule has 0 spiro atoms. The van der Waals surface area contributed by atoms with Crippen molar-refractivity contribution in [1.82, 2.24) is 10.2 Å². The van der Waals surface area contributed by atoms with Gasteiger partial charge < -0.3 is 31.0 Å². The quantitative estimate of drug-likeness (QED) is 0.221. The van der Waals surface area contributed by atoms with Crippen molar-refractivity contribution in [3.05, 3.63) is 70.8 Å². The second-order valence-electron chi connectivity index (χ2n) is 13.7. The van der Waals surface area contributed by atoms with E-state index in [0.717, 1.165) is 18.4 Å². The summed E-state index contributed by atoms with van der Waals surface area (Å²) in [5.41, 5.74) is 12.8. The molecule has 256 valence electrons. The minimum atomic E-state index is -0.753. The van der Waals surface area contributed by atoms with E-state index < -0.39 is 47.4 Å². The molecular formula is C35H48N4O8. The van der Waals surface area contributed by atoms with Crippen molar-refractivity contribution in [2.24, 2.45) is 11.5 Å². The lowest BCUT2D eigenvalue weighted by Crippen LogP contribution is -2.53. The number of rotatable bonds is 7. The third-order valence-electron chi connectivity index (χ3n) is 7.53. The number of esters is 1. The molecule has 47 heavy (non-hydrogen) atoms. The maximum Gasteiger partial charge on any atom is 0.410 e. The topological polar surface area (TPSA) is 180 Å². The molecular weight excluding hydrogens is 604 g/mol. The highest BCUT2D eigenvalue weighted by atomic mass is 16.6. The fourth-order valence-corrected chi connectivity index (χ4v) is 5.43. The van der Waals surface area contributed by atoms with Gasteiger partial charge in [-0.3, -0.25) is 19.3 Å². The van der Waals surface area contributed by atoms with E-state index in [1.807, 2.05) is 39.0 Å². The van der Waals surface area contributed by atoms with Gasteiger partial charge in [0, 0.05) is 43.0 Å². The average Bonchev–Trinajstić information content (AvgIpc) is 3.41. The predicted molar refractivity (Wildman–Crippen MR) is 176 cm³/mol. The molecule has 1 fully saturated rings. The molecule has 2 aliphatic rings. The van der Waals surface area contributed by atoms with Gasteiger partial charge >= 0.3 is 18.2 Å². The summed E-state index contributed by atoms with van der Waals surface area (Å²) in [6, 6.07) is 13.5. The number of nitrogens with one attached hydrogen (secondary N) is 1. The van der Waals surface area contributed by atoms with Crippen LogP contribution >= 0.6 is 0 Å². The van der Waals surface area contributed by atoms with Crippen molar-refractivity contribution >= 4 is 29.8 Å². The Hall–Kier alpha value is -4.45. The van der Waals surface area contributed by atoms with Crippen LogP contribution in [0.1, 0.15) is 98.6 Å². The minimum absolute atomic E-state index is 0.201. The number of nitrogens with zero attached hydrogens (tertiary/aromatic N) is 1. The molecule has 0 saturated carbocycles. The van der Waals surface area contributed by atoms with Crippen LogP contribution in [0.25, 0.3) is 0 Å². The number of fused-ring (bicyclic) bond motifs is 1. The maximum atomic E-state index is 13.0. The zero-order valence-corrected chi connectivity index (χ0v) is 28.2. The first-order valence-electron chi connectivity index (χ1n) is 15.8. The van der Waals surface area contributed by atoms with E-state index in [9.17, 15) is 24.0 Å². The lowest BCUT2D eigenvalue weighted by atomic mass is 9.93. The number of carbonyl (C=O) groups excluding carboxylic acids is 5. The lowest BCUT2D eigenvalue weighted by Gasteiger charge is -2.38. The van der Waals surface area contributed by atoms with Gasteiger partial charge in [-0.2, -0.15) is 0 Å². The summed E-state index contributed by atoms with van der Waals surface area (Å²) in [7, 11) is 0. The van der Waals surface area contributed by atoms with Gasteiger partial charge in [0.05, 0.1) is 6.54 Å². The number of primary amides is 1. The Morgan fingerprint density at radius 3 is 2.15 bits per heavy atom. The summed E-state index contributed by atoms with van der Waals surface area (Å²) in [5, 5.41) is 2.79. The molecule has 12 heteroatoms. The highest BCUT2D eigenvalue weighted by Gasteiger charge is 2.39. The van der Waals surface area contributed by atoms with Crippen LogP contribution in [0, 0.1) is 0 Å². The van der Waals surface area contributed by atoms with Crippen molar-refractivity contribution < 1.29 is 38.2 Å². The first-order chi connectivity index (χ1) is 22.0. The SMILES string of the molecule is CC(C)(C)OC(=O)N1CCC(OC(=O)CN)CC1C(=O)c1ccccc1.CC(C)(C)OC(=O)NCC1CCc2ccc(C(N)=O)cc21. The van der Waals surface area contributed by atoms with Crippen LogP contribution in [0.15, 0.2) is 48.5 Å². The lowest BCUT2D eigenvalue weighted by molar-refractivity contribution is -0.149. The number of piperidine rings is 1. The normalized spacial score (nSPS) is 19.0. The molecule has 3 atom stereocenters. The summed E-state index contributed by atoms with van der Waals surface area (Å²) in [4.78, 5) is 61.4. The Bertz CT molecular complexity index is 1430. The van der Waals surface area contributed by atoms with Crippen molar-refractivity contribution in [3.8, 4) is 0 Å². The standard InChI is InChI=1S/C19H26N2O5.C16H22N2O3/c1-19(2,3)26-18(24)21-10-9-14(25-16(22)12-20)11-15(21)17(23)13-7-5-4-6-8-13;1-16(2,3)21-15(20)18-9-12-7-5-10-4-6-11(14(17)19)8-13(10)12/h4-8,14-15H,9-12,20H2,1-3H3;4,6,8,12H,5,7,9H2,1-3H3,(H2,17,19)(H,18,20). The van der Waals surface area contributed by atoms with E-state index in [1.54, 1.807) is 51.1 Å². The number of nitrogens with two attached hydrogens (primary N) is 2. The number of aryl methyl sites for hydroxylation is 1. The zero-order valence-electron chi connectivity index (χ0n) is 28.2. The maximum absolute atomic E-state index is 13.0. The number of likely N-dealkylation sites (tertiary alicyclic amines) is 1. The fraction of sp³-hybridized carbons (Fsp3) is 0.514. The van der Waals surface area contributed by atoms with E-state index in [1.165, 1.54) is 10.5 Å². The number of amides is 3. The Balaban J connectivity index is 0.000000261. The van der Waals surface area contributed by atoms with Crippen LogP contribution in [0.2, 0.25) is 0 Å². The molecule has 3 amide bonds. The van der Waals surface area contributed by atoms with Crippen LogP contribution in [-0.4, -0.2) is 77.7 Å². The molecule has 1 aliphatic heterocycles. The van der Waals surface area contributed by atoms with Gasteiger partial charge in [-0.15, -0.1) is 0 Å². The van der Waals surface area contributed by atoms with E-state index in [0.29, 0.717) is 24.1 Å². The van der Waals surface area contributed by atoms with E-state index in [2.05, 4.69) is 5.32 Å². The molecule has 2 aromatic rings. The molecule has 2 aromatic carbocycles. The Morgan fingerprint density at radius 1 is 0.894 bits per heavy atom. The molecule has 3 unspecified atom stereocenters. The Labute approximate surface area is 276 Å². The van der Waals surface area contributed by atoms with Crippen molar-refractivity contribution in [2.75, 3.05) is 19.6 Å². The van der Waals surface area contributed by atoms with Gasteiger partial charge in [0.2, 0.25) is 5.91 Å². The van der Waals surface area contributed by atoms with E-state index in [-0.39, 0.29) is 31.2 Å². The number of hydrogen-bond donors (Lipinski definition) is 3. The summed E-state index contributed by atoms with van der Waals surface area (Å²) in [6.07, 6.45) is 1.14. The second kappa shape index (κ2) is 15.9. The molecule has 5 N–H and O–H groups in total. The van der Waals surface area contributed by atoms with Gasteiger partial charge in [-0.1, -0.05) is 36.4 Å². The van der Waals surface area contributed by atoms with Crippen LogP contribution in [0.5, 0.6) is 0 Å². The minimum Gasteiger partial charge on any atom is -0.461 e. The number of carbonyl (C=O) groups is 5. The van der Waals surface area contributed by atoms with Gasteiger partial charge in [-0.25, -0.2) is 9.59 Å². The second-order valence-corrected chi connectivity index (χ2v) is 13.7. The van der Waals surface area contributed by atoms with Gasteiger partial charge in [0.1, 0.15) is 23.3 Å². The predicted octanol–water partition coefficient (Wildman–Crippen LogP) is 4.48. The molecule has 0 bridgehead atoms. The van der Waals surface area contributed by atoms with Gasteiger partial charge in [-0.05, 0) is 77.6 Å². The van der Waals surface area contributed by atoms with Crippen molar-refractivity contribution in [3.63, 3.8) is 0 Å². The largest absolute Gasteiger partial charge is 0.461 e. The van der Waals surface area contributed by atoms with Crippen molar-refractivity contribution in [2.45, 2.75) is 96.5 Å². The van der Waals surface area contributed by atoms with Crippen molar-refractivity contribution in [1.29, 1.82) is 0 Å². The molecule has 1 heterocycles. The third kappa shape index (κ3) is 11.4. The number of hydrogen-bond acceptors (Lipinski definition) is 9. The summed E-state index contributed by atoms with van der Waals surface area (Å²) in [6.45, 7) is 11.4. The molecule has 1 aliphatic carbocycles. The van der Waals surface area contributed by atoms with Gasteiger partial charge in [0.25, 0.3) is 0 Å². The highest BCUT2D eigenvalue weighted by Crippen LogP contribution is 2.33. The Morgan fingerprint density at radius 2 is 1.55 bits per heavy atom. The first kappa shape index (κ1) is 37.0. The summed E-state index contributed by atoms with van der Waals surface area (Å²) in [5.74, 6) is -0.952. The number of ether oxygens (including phenoxy) is 3. The number of benzene rings is 2. The Kier molecular flexibility index (Phi) is 12.5. The summed E-state index contributed by atoms with van der Waals surface area (Å²) >= 11 is 0. The first-order valence-corrected chi connectivity index (χ1v) is 15.8. The van der Waals surface area contributed by atoms with Gasteiger partial charge in [0.15, 0.2) is 5.78 Å². The van der Waals surface area contributed by atoms with E-state index >= 15 is 0 Å². The molecule has 1 saturated heterocycles. The number of ketones is 1. The third-order valence-corrected chi connectivity index (χ3v) is 7.53. The van der Waals surface area contributed by atoms with Crippen LogP contribution < -0.4 is 16.8 Å². The van der Waals surface area contributed by atoms with Crippen LogP contribution in [-0.2, 0) is 25.4 Å². The van der Waals surface area contributed by atoms with Crippen LogP contribution in [0.4, 0.5) is 9.59 Å². The number of Topliss-reactive ketones (excluding diaryl/α,β-unsaturated/α-hetero) is 1. The average molecular weight is 653 g/mol. The number of alkyl carbamates (subject to hydrolysis) is 1. The van der Waals surface area contributed by atoms with E-state index in [4.69, 9.17) is 25.7 Å². The zero-order chi connectivity index (χ0) is 34.9. The monoisotopic (exact) mass is 652 g/mol. The molecule has 12 nitrogen and oxygen atoms in total. The summed E-state index contributed by atoms with van der Waals surface area (Å²) < 4.78 is 16.0. The molecule has 0 radical (unpaired) electrons. The smallest absolute Gasteiger partial charge is 0.410 e. The highest BCUT2D eigenvalue weighted by molar-refractivity contribution is 6.01. The molecule has 4 rings (SSSR count). The van der Waals surface area contributed by atoms with Crippen LogP contribution in [0.3, 0.4) is 0 Å². The molecule has 0 aromatic heterocycles.